The van der Waals surface area contributed by atoms with Crippen LogP contribution in [-0.2, 0) is 22.7 Å². The van der Waals surface area contributed by atoms with Gasteiger partial charge in [-0.3, -0.25) is 0 Å². The Morgan fingerprint density at radius 3 is 2.18 bits per heavy atom. The van der Waals surface area contributed by atoms with E-state index in [1.807, 2.05) is 0 Å². The third kappa shape index (κ3) is 2.68. The van der Waals surface area contributed by atoms with Crippen LogP contribution in [0.15, 0.2) is 24.3 Å². The number of rotatable bonds is 2. The van der Waals surface area contributed by atoms with Gasteiger partial charge in [-0.05, 0) is 11.1 Å². The van der Waals surface area contributed by atoms with E-state index in [1.54, 1.807) is 4.90 Å². The van der Waals surface area contributed by atoms with E-state index in [0.717, 1.165) is 6.54 Å². The molecule has 0 saturated carbocycles. The molecule has 17 heavy (non-hydrogen) atoms. The second-order valence-electron chi connectivity index (χ2n) is 4.98. The zero-order valence-electron chi connectivity index (χ0n) is 10.2. The molecular weight excluding hydrogens is 214 g/mol. The van der Waals surface area contributed by atoms with Gasteiger partial charge in [-0.1, -0.05) is 24.3 Å². The summed E-state index contributed by atoms with van der Waals surface area (Å²) in [5, 5.41) is 0. The van der Waals surface area contributed by atoms with Gasteiger partial charge in [0.05, 0.1) is 26.3 Å². The van der Waals surface area contributed by atoms with Crippen LogP contribution in [0.2, 0.25) is 0 Å². The van der Waals surface area contributed by atoms with Crippen molar-refractivity contribution in [2.45, 2.75) is 32.3 Å². The fraction of sp³-hybridized carbons (Fsp3) is 0.571. The van der Waals surface area contributed by atoms with Gasteiger partial charge in [0, 0.05) is 12.8 Å². The van der Waals surface area contributed by atoms with Crippen molar-refractivity contribution in [1.29, 1.82) is 0 Å². The Balaban J connectivity index is 1.60. The van der Waals surface area contributed by atoms with Crippen LogP contribution in [0.3, 0.4) is 0 Å². The highest BCUT2D eigenvalue weighted by Crippen LogP contribution is 2.17. The third-order valence-electron chi connectivity index (χ3n) is 3.73. The molecule has 2 aliphatic rings. The Morgan fingerprint density at radius 1 is 1.00 bits per heavy atom. The molecule has 0 radical (unpaired) electrons. The van der Waals surface area contributed by atoms with Gasteiger partial charge < -0.3 is 14.4 Å². The summed E-state index contributed by atoms with van der Waals surface area (Å²) in [4.78, 5) is 1.63. The van der Waals surface area contributed by atoms with E-state index in [0.29, 0.717) is 13.2 Å². The van der Waals surface area contributed by atoms with Crippen LogP contribution < -0.4 is 4.90 Å². The van der Waals surface area contributed by atoms with Crippen LogP contribution in [0.25, 0.3) is 0 Å². The Hall–Kier alpha value is -0.900. The minimum atomic E-state index is -0.0319. The Bertz CT molecular complexity index is 347. The first-order valence-corrected chi connectivity index (χ1v) is 6.55. The second kappa shape index (κ2) is 5.17. The number of ether oxygens (including phenoxy) is 2. The summed E-state index contributed by atoms with van der Waals surface area (Å²) in [7, 11) is 0. The number of fused-ring (bicyclic) bond motifs is 1. The standard InChI is InChI=1S/C14H19NO2/c1-2-6-13-11-17-14(16-10-12(13)5-1)9-15-7-3-4-8-15/h1-2,5-6,14H,3-4,7-11H2/p+1. The molecule has 1 aromatic carbocycles. The van der Waals surface area contributed by atoms with E-state index < -0.39 is 0 Å². The van der Waals surface area contributed by atoms with E-state index >= 15 is 0 Å². The van der Waals surface area contributed by atoms with E-state index in [2.05, 4.69) is 24.3 Å². The van der Waals surface area contributed by atoms with Crippen molar-refractivity contribution in [3.63, 3.8) is 0 Å². The van der Waals surface area contributed by atoms with Crippen molar-refractivity contribution < 1.29 is 14.4 Å². The summed E-state index contributed by atoms with van der Waals surface area (Å²) in [6.45, 7) is 4.92. The largest absolute Gasteiger partial charge is 0.343 e. The van der Waals surface area contributed by atoms with Gasteiger partial charge in [-0.25, -0.2) is 0 Å². The first kappa shape index (κ1) is 11.2. The summed E-state index contributed by atoms with van der Waals surface area (Å²) >= 11 is 0. The normalized spacial score (nSPS) is 22.4. The lowest BCUT2D eigenvalue weighted by atomic mass is 10.1. The number of quaternary nitrogens is 1. The number of nitrogens with one attached hydrogen (secondary N) is 1. The third-order valence-corrected chi connectivity index (χ3v) is 3.73. The molecule has 1 aromatic rings. The predicted molar refractivity (Wildman–Crippen MR) is 64.6 cm³/mol. The molecule has 0 amide bonds. The van der Waals surface area contributed by atoms with E-state index in [4.69, 9.17) is 9.47 Å². The van der Waals surface area contributed by atoms with Crippen LogP contribution >= 0.6 is 0 Å². The van der Waals surface area contributed by atoms with Crippen molar-refractivity contribution in [2.75, 3.05) is 19.6 Å². The fourth-order valence-electron chi connectivity index (χ4n) is 2.69. The summed E-state index contributed by atoms with van der Waals surface area (Å²) in [6, 6.07) is 8.38. The maximum atomic E-state index is 5.85. The lowest BCUT2D eigenvalue weighted by Crippen LogP contribution is -3.11. The maximum absolute atomic E-state index is 5.85. The lowest BCUT2D eigenvalue weighted by Gasteiger charge is -2.19. The Morgan fingerprint density at radius 2 is 1.59 bits per heavy atom. The average Bonchev–Trinajstić information content (AvgIpc) is 2.78. The van der Waals surface area contributed by atoms with Crippen molar-refractivity contribution in [1.82, 2.24) is 0 Å². The second-order valence-corrected chi connectivity index (χ2v) is 4.98. The van der Waals surface area contributed by atoms with Gasteiger partial charge >= 0.3 is 0 Å². The smallest absolute Gasteiger partial charge is 0.208 e. The van der Waals surface area contributed by atoms with E-state index in [9.17, 15) is 0 Å². The number of hydrogen-bond donors (Lipinski definition) is 1. The quantitative estimate of drug-likeness (QED) is 0.815. The number of benzene rings is 1. The van der Waals surface area contributed by atoms with Crippen molar-refractivity contribution in [2.24, 2.45) is 0 Å². The van der Waals surface area contributed by atoms with Gasteiger partial charge in [0.25, 0.3) is 0 Å². The van der Waals surface area contributed by atoms with Crippen LogP contribution in [0.1, 0.15) is 24.0 Å². The highest BCUT2D eigenvalue weighted by Gasteiger charge is 2.24. The van der Waals surface area contributed by atoms with E-state index in [-0.39, 0.29) is 6.29 Å². The molecule has 1 N–H and O–H groups in total. The molecule has 1 fully saturated rings. The molecule has 2 heterocycles. The molecular formula is C14H20NO2+. The number of hydrogen-bond acceptors (Lipinski definition) is 2. The minimum Gasteiger partial charge on any atom is -0.343 e. The highest BCUT2D eigenvalue weighted by atomic mass is 16.7. The molecule has 0 aromatic heterocycles. The van der Waals surface area contributed by atoms with Crippen LogP contribution in [-0.4, -0.2) is 25.9 Å². The molecule has 92 valence electrons. The lowest BCUT2D eigenvalue weighted by molar-refractivity contribution is -0.893. The Kier molecular flexibility index (Phi) is 3.41. The molecule has 3 nitrogen and oxygen atoms in total. The van der Waals surface area contributed by atoms with Crippen molar-refractivity contribution in [3.05, 3.63) is 35.4 Å². The van der Waals surface area contributed by atoms with Gasteiger partial charge in [0.2, 0.25) is 6.29 Å². The summed E-state index contributed by atoms with van der Waals surface area (Å²) < 4.78 is 11.7. The molecule has 1 saturated heterocycles. The molecule has 0 atom stereocenters. The zero-order chi connectivity index (χ0) is 11.5. The highest BCUT2D eigenvalue weighted by molar-refractivity contribution is 5.26. The monoisotopic (exact) mass is 234 g/mol. The van der Waals surface area contributed by atoms with Gasteiger partial charge in [-0.2, -0.15) is 0 Å². The molecule has 3 rings (SSSR count). The van der Waals surface area contributed by atoms with Crippen molar-refractivity contribution >= 4 is 0 Å². The summed E-state index contributed by atoms with van der Waals surface area (Å²) in [6.07, 6.45) is 2.67. The summed E-state index contributed by atoms with van der Waals surface area (Å²) in [5.74, 6) is 0. The maximum Gasteiger partial charge on any atom is 0.208 e. The SMILES string of the molecule is c1ccc2c(c1)COC(C[NH+]1CCCC1)OC2. The van der Waals surface area contributed by atoms with E-state index in [1.165, 1.54) is 37.1 Å². The van der Waals surface area contributed by atoms with Crippen LogP contribution in [0.5, 0.6) is 0 Å². The zero-order valence-corrected chi connectivity index (χ0v) is 10.2. The first-order chi connectivity index (χ1) is 8.42. The average molecular weight is 234 g/mol. The van der Waals surface area contributed by atoms with Gasteiger partial charge in [0.1, 0.15) is 6.54 Å². The predicted octanol–water partition coefficient (Wildman–Crippen LogP) is 0.738. The summed E-state index contributed by atoms with van der Waals surface area (Å²) in [5.41, 5.74) is 2.54. The fourth-order valence-corrected chi connectivity index (χ4v) is 2.69. The molecule has 0 aliphatic carbocycles. The minimum absolute atomic E-state index is 0.0319. The van der Waals surface area contributed by atoms with Crippen LogP contribution in [0, 0.1) is 0 Å². The van der Waals surface area contributed by atoms with Crippen molar-refractivity contribution in [3.8, 4) is 0 Å². The number of likely N-dealkylation sites (tertiary alicyclic amines) is 1. The molecule has 2 aliphatic heterocycles. The first-order valence-electron chi connectivity index (χ1n) is 6.55. The molecule has 0 spiro atoms. The molecule has 0 unspecified atom stereocenters. The Labute approximate surface area is 102 Å². The topological polar surface area (TPSA) is 22.9 Å². The van der Waals surface area contributed by atoms with Gasteiger partial charge in [-0.15, -0.1) is 0 Å². The van der Waals surface area contributed by atoms with Gasteiger partial charge in [0.15, 0.2) is 0 Å². The van der Waals surface area contributed by atoms with Crippen LogP contribution in [0.4, 0.5) is 0 Å². The molecule has 0 bridgehead atoms. The molecule has 3 heteroatoms.